The fourth-order valence-electron chi connectivity index (χ4n) is 2.24. The lowest BCUT2D eigenvalue weighted by Gasteiger charge is -2.19. The smallest absolute Gasteiger partial charge is 0.251 e. The van der Waals surface area contributed by atoms with E-state index < -0.39 is 0 Å². The second-order valence-corrected chi connectivity index (χ2v) is 6.55. The fraction of sp³-hybridized carbons (Fsp3) is 0.316. The van der Waals surface area contributed by atoms with Crippen molar-refractivity contribution in [3.63, 3.8) is 0 Å². The molecule has 124 valence electrons. The van der Waals surface area contributed by atoms with Gasteiger partial charge in [-0.05, 0) is 28.7 Å². The van der Waals surface area contributed by atoms with Gasteiger partial charge in [0.1, 0.15) is 0 Å². The van der Waals surface area contributed by atoms with E-state index in [0.717, 1.165) is 5.56 Å². The average molecular weight is 333 g/mol. The highest BCUT2D eigenvalue weighted by atomic mass is 35.5. The Morgan fingerprint density at radius 1 is 1.04 bits per heavy atom. The van der Waals surface area contributed by atoms with Gasteiger partial charge < -0.3 is 11.1 Å². The summed E-state index contributed by atoms with van der Waals surface area (Å²) in [4.78, 5) is 12.2. The summed E-state index contributed by atoms with van der Waals surface area (Å²) in [7, 11) is 0. The van der Waals surface area contributed by atoms with Crippen LogP contribution in [-0.2, 0) is 5.41 Å². The van der Waals surface area contributed by atoms with E-state index >= 15 is 0 Å². The number of nitrogens with two attached hydrogens (primary N) is 1. The van der Waals surface area contributed by atoms with Crippen molar-refractivity contribution in [2.24, 2.45) is 5.73 Å². The predicted molar refractivity (Wildman–Crippen MR) is 98.1 cm³/mol. The highest BCUT2D eigenvalue weighted by Crippen LogP contribution is 2.22. The number of halogens is 1. The van der Waals surface area contributed by atoms with Gasteiger partial charge in [0.25, 0.3) is 5.91 Å². The Hall–Kier alpha value is -1.84. The van der Waals surface area contributed by atoms with E-state index in [1.165, 1.54) is 5.56 Å². The van der Waals surface area contributed by atoms with Crippen LogP contribution in [0.15, 0.2) is 54.6 Å². The van der Waals surface area contributed by atoms with Crippen molar-refractivity contribution in [3.8, 4) is 0 Å². The third kappa shape index (κ3) is 5.38. The Kier molecular flexibility index (Phi) is 6.79. The molecule has 0 bridgehead atoms. The van der Waals surface area contributed by atoms with Gasteiger partial charge in [0.05, 0.1) is 0 Å². The molecule has 0 fully saturated rings. The van der Waals surface area contributed by atoms with Gasteiger partial charge in [-0.25, -0.2) is 0 Å². The molecular formula is C19H25ClN2O. The minimum atomic E-state index is -0.195. The molecule has 0 radical (unpaired) electrons. The molecule has 1 amide bonds. The predicted octanol–water partition coefficient (Wildman–Crippen LogP) is 3.84. The summed E-state index contributed by atoms with van der Waals surface area (Å²) in [6, 6.07) is 17.3. The van der Waals surface area contributed by atoms with Crippen LogP contribution in [0, 0.1) is 0 Å². The summed E-state index contributed by atoms with van der Waals surface area (Å²) in [6.45, 7) is 6.88. The van der Waals surface area contributed by atoms with Crippen LogP contribution in [0.4, 0.5) is 0 Å². The third-order valence-electron chi connectivity index (χ3n) is 3.72. The average Bonchev–Trinajstić information content (AvgIpc) is 2.52. The van der Waals surface area contributed by atoms with Gasteiger partial charge in [-0.3, -0.25) is 4.79 Å². The maximum absolute atomic E-state index is 12.2. The molecule has 2 aromatic carbocycles. The lowest BCUT2D eigenvalue weighted by atomic mass is 9.87. The van der Waals surface area contributed by atoms with E-state index in [1.54, 1.807) is 0 Å². The second-order valence-electron chi connectivity index (χ2n) is 6.55. The van der Waals surface area contributed by atoms with Crippen molar-refractivity contribution in [3.05, 3.63) is 71.3 Å². The van der Waals surface area contributed by atoms with Gasteiger partial charge in [-0.15, -0.1) is 12.4 Å². The van der Waals surface area contributed by atoms with Crippen LogP contribution in [0.1, 0.15) is 48.3 Å². The van der Waals surface area contributed by atoms with E-state index in [2.05, 4.69) is 26.1 Å². The molecule has 0 aliphatic heterocycles. The molecule has 3 nitrogen and oxygen atoms in total. The minimum absolute atomic E-state index is 0. The van der Waals surface area contributed by atoms with E-state index in [0.29, 0.717) is 12.1 Å². The molecule has 0 spiro atoms. The zero-order valence-electron chi connectivity index (χ0n) is 13.9. The number of amides is 1. The van der Waals surface area contributed by atoms with Gasteiger partial charge in [0.2, 0.25) is 0 Å². The first kappa shape index (κ1) is 19.2. The molecule has 0 saturated carbocycles. The molecule has 0 saturated heterocycles. The Morgan fingerprint density at radius 3 is 2.13 bits per heavy atom. The van der Waals surface area contributed by atoms with Crippen molar-refractivity contribution in [2.75, 3.05) is 6.54 Å². The topological polar surface area (TPSA) is 55.1 Å². The lowest BCUT2D eigenvalue weighted by molar-refractivity contribution is 0.0951. The first-order chi connectivity index (χ1) is 10.4. The summed E-state index contributed by atoms with van der Waals surface area (Å²) in [5, 5.41) is 2.89. The summed E-state index contributed by atoms with van der Waals surface area (Å²) in [6.07, 6.45) is 0. The summed E-state index contributed by atoms with van der Waals surface area (Å²) < 4.78 is 0. The molecule has 4 heteroatoms. The summed E-state index contributed by atoms with van der Waals surface area (Å²) in [5.41, 5.74) is 9.07. The first-order valence-electron chi connectivity index (χ1n) is 7.57. The molecule has 0 heterocycles. The van der Waals surface area contributed by atoms with Crippen LogP contribution in [-0.4, -0.2) is 12.5 Å². The van der Waals surface area contributed by atoms with Gasteiger partial charge in [0.15, 0.2) is 0 Å². The number of benzene rings is 2. The Labute approximate surface area is 144 Å². The SMILES string of the molecule is CC(C)(C)c1ccc(C(=O)NCC(N)c2ccccc2)cc1.Cl. The maximum atomic E-state index is 12.2. The molecule has 0 aliphatic rings. The Bertz CT molecular complexity index is 618. The minimum Gasteiger partial charge on any atom is -0.350 e. The van der Waals surface area contributed by atoms with Gasteiger partial charge in [0, 0.05) is 18.2 Å². The van der Waals surface area contributed by atoms with Crippen molar-refractivity contribution < 1.29 is 4.79 Å². The van der Waals surface area contributed by atoms with Crippen molar-refractivity contribution in [1.29, 1.82) is 0 Å². The summed E-state index contributed by atoms with van der Waals surface area (Å²) in [5.74, 6) is -0.0909. The van der Waals surface area contributed by atoms with E-state index in [9.17, 15) is 4.79 Å². The van der Waals surface area contributed by atoms with Gasteiger partial charge in [-0.2, -0.15) is 0 Å². The molecular weight excluding hydrogens is 308 g/mol. The fourth-order valence-corrected chi connectivity index (χ4v) is 2.24. The number of rotatable bonds is 4. The van der Waals surface area contributed by atoms with Crippen LogP contribution in [0.3, 0.4) is 0 Å². The quantitative estimate of drug-likeness (QED) is 0.893. The van der Waals surface area contributed by atoms with Crippen LogP contribution < -0.4 is 11.1 Å². The van der Waals surface area contributed by atoms with Crippen LogP contribution in [0.25, 0.3) is 0 Å². The molecule has 2 aromatic rings. The number of carbonyl (C=O) groups is 1. The van der Waals surface area contributed by atoms with Crippen molar-refractivity contribution in [2.45, 2.75) is 32.2 Å². The standard InChI is InChI=1S/C19H24N2O.ClH/c1-19(2,3)16-11-9-15(10-12-16)18(22)21-13-17(20)14-7-5-4-6-8-14;/h4-12,17H,13,20H2,1-3H3,(H,21,22);1H. The van der Waals surface area contributed by atoms with Gasteiger partial charge >= 0.3 is 0 Å². The Balaban J connectivity index is 0.00000264. The molecule has 3 N–H and O–H groups in total. The zero-order chi connectivity index (χ0) is 16.2. The normalized spacial score (nSPS) is 12.2. The molecule has 1 atom stereocenters. The monoisotopic (exact) mass is 332 g/mol. The van der Waals surface area contributed by atoms with E-state index in [-0.39, 0.29) is 29.8 Å². The zero-order valence-corrected chi connectivity index (χ0v) is 14.7. The second kappa shape index (κ2) is 8.14. The molecule has 0 aliphatic carbocycles. The first-order valence-corrected chi connectivity index (χ1v) is 7.57. The number of nitrogens with one attached hydrogen (secondary N) is 1. The molecule has 0 aromatic heterocycles. The van der Waals surface area contributed by atoms with Crippen LogP contribution >= 0.6 is 12.4 Å². The molecule has 1 unspecified atom stereocenters. The number of hydrogen-bond donors (Lipinski definition) is 2. The Morgan fingerprint density at radius 2 is 1.61 bits per heavy atom. The van der Waals surface area contributed by atoms with Crippen LogP contribution in [0.2, 0.25) is 0 Å². The summed E-state index contributed by atoms with van der Waals surface area (Å²) >= 11 is 0. The molecule has 2 rings (SSSR count). The lowest BCUT2D eigenvalue weighted by Crippen LogP contribution is -2.31. The number of hydrogen-bond acceptors (Lipinski definition) is 2. The highest BCUT2D eigenvalue weighted by Gasteiger charge is 2.14. The van der Waals surface area contributed by atoms with Gasteiger partial charge in [-0.1, -0.05) is 63.2 Å². The highest BCUT2D eigenvalue weighted by molar-refractivity contribution is 5.94. The van der Waals surface area contributed by atoms with E-state index in [1.807, 2.05) is 54.6 Å². The maximum Gasteiger partial charge on any atom is 0.251 e. The van der Waals surface area contributed by atoms with Crippen LogP contribution in [0.5, 0.6) is 0 Å². The third-order valence-corrected chi connectivity index (χ3v) is 3.72. The van der Waals surface area contributed by atoms with E-state index in [4.69, 9.17) is 5.73 Å². The molecule has 23 heavy (non-hydrogen) atoms. The largest absolute Gasteiger partial charge is 0.350 e. The van der Waals surface area contributed by atoms with Crippen molar-refractivity contribution >= 4 is 18.3 Å². The van der Waals surface area contributed by atoms with Crippen molar-refractivity contribution in [1.82, 2.24) is 5.32 Å². The number of carbonyl (C=O) groups excluding carboxylic acids is 1.